The van der Waals surface area contributed by atoms with E-state index in [1.54, 1.807) is 7.11 Å². The zero-order valence-electron chi connectivity index (χ0n) is 13.0. The van der Waals surface area contributed by atoms with Crippen LogP contribution in [-0.4, -0.2) is 61.2 Å². The van der Waals surface area contributed by atoms with Gasteiger partial charge in [-0.1, -0.05) is 25.4 Å². The van der Waals surface area contributed by atoms with Gasteiger partial charge in [0.25, 0.3) is 5.91 Å². The number of aromatic nitrogens is 2. The van der Waals surface area contributed by atoms with Gasteiger partial charge in [-0.15, -0.1) is 0 Å². The Morgan fingerprint density at radius 3 is 2.81 bits per heavy atom. The predicted molar refractivity (Wildman–Crippen MR) is 82.8 cm³/mol. The Kier molecular flexibility index (Phi) is 7.56. The number of carbonyl (C=O) groups is 1. The number of methoxy groups -OCH3 is 1. The predicted octanol–water partition coefficient (Wildman–Crippen LogP) is 1.56. The Hall–Kier alpha value is -1.24. The second-order valence-corrected chi connectivity index (χ2v) is 5.54. The molecule has 0 bridgehead atoms. The molecule has 0 aliphatic rings. The standard InChI is InChI=1S/C14H23ClN4O2/c1-10(2)13-17-9-11(15)12(18-13)14(20)16-5-6-19(3)7-8-21-4/h9-10H,5-8H2,1-4H3,(H,16,20). The quantitative estimate of drug-likeness (QED) is 0.789. The first kappa shape index (κ1) is 17.8. The summed E-state index contributed by atoms with van der Waals surface area (Å²) in [6.45, 7) is 6.68. The molecule has 0 saturated heterocycles. The summed E-state index contributed by atoms with van der Waals surface area (Å²) in [6, 6.07) is 0. The molecule has 7 heteroatoms. The van der Waals surface area contributed by atoms with Gasteiger partial charge in [0.05, 0.1) is 17.8 Å². The maximum absolute atomic E-state index is 12.1. The van der Waals surface area contributed by atoms with E-state index in [0.717, 1.165) is 13.1 Å². The van der Waals surface area contributed by atoms with Gasteiger partial charge in [-0.25, -0.2) is 9.97 Å². The minimum Gasteiger partial charge on any atom is -0.383 e. The van der Waals surface area contributed by atoms with Crippen molar-refractivity contribution >= 4 is 17.5 Å². The second kappa shape index (κ2) is 8.92. The zero-order valence-corrected chi connectivity index (χ0v) is 13.8. The number of rotatable bonds is 8. The van der Waals surface area contributed by atoms with Crippen LogP contribution >= 0.6 is 11.6 Å². The summed E-state index contributed by atoms with van der Waals surface area (Å²) in [5, 5.41) is 3.09. The number of hydrogen-bond acceptors (Lipinski definition) is 5. The molecule has 21 heavy (non-hydrogen) atoms. The summed E-state index contributed by atoms with van der Waals surface area (Å²) in [4.78, 5) is 22.5. The number of nitrogens with one attached hydrogen (secondary N) is 1. The summed E-state index contributed by atoms with van der Waals surface area (Å²) in [5.41, 5.74) is 0.231. The molecule has 1 amide bonds. The summed E-state index contributed by atoms with van der Waals surface area (Å²) in [7, 11) is 3.64. The van der Waals surface area contributed by atoms with E-state index in [-0.39, 0.29) is 22.5 Å². The molecule has 1 heterocycles. The maximum atomic E-state index is 12.1. The van der Waals surface area contributed by atoms with Crippen molar-refractivity contribution in [2.24, 2.45) is 0 Å². The Bertz CT molecular complexity index is 468. The monoisotopic (exact) mass is 314 g/mol. The van der Waals surface area contributed by atoms with Gasteiger partial charge in [0.1, 0.15) is 11.5 Å². The van der Waals surface area contributed by atoms with Crippen LogP contribution in [0.5, 0.6) is 0 Å². The lowest BCUT2D eigenvalue weighted by molar-refractivity contribution is 0.0942. The molecule has 0 fully saturated rings. The van der Waals surface area contributed by atoms with Crippen molar-refractivity contribution in [1.82, 2.24) is 20.2 Å². The zero-order chi connectivity index (χ0) is 15.8. The number of likely N-dealkylation sites (N-methyl/N-ethyl adjacent to an activating group) is 1. The first-order valence-electron chi connectivity index (χ1n) is 6.93. The number of carbonyl (C=O) groups excluding carboxylic acids is 1. The van der Waals surface area contributed by atoms with Gasteiger partial charge in [-0.05, 0) is 7.05 Å². The SMILES string of the molecule is COCCN(C)CCNC(=O)c1nc(C(C)C)ncc1Cl. The van der Waals surface area contributed by atoms with E-state index in [0.29, 0.717) is 19.0 Å². The van der Waals surface area contributed by atoms with Gasteiger partial charge in [0, 0.05) is 32.7 Å². The van der Waals surface area contributed by atoms with Gasteiger partial charge in [-0.3, -0.25) is 4.79 Å². The smallest absolute Gasteiger partial charge is 0.271 e. The fourth-order valence-electron chi connectivity index (χ4n) is 1.62. The summed E-state index contributed by atoms with van der Waals surface area (Å²) >= 11 is 5.99. The van der Waals surface area contributed by atoms with Crippen LogP contribution in [0.4, 0.5) is 0 Å². The molecule has 0 saturated carbocycles. The fourth-order valence-corrected chi connectivity index (χ4v) is 1.80. The Labute approximate surface area is 130 Å². The van der Waals surface area contributed by atoms with Crippen LogP contribution in [-0.2, 0) is 4.74 Å². The van der Waals surface area contributed by atoms with E-state index in [1.807, 2.05) is 20.9 Å². The normalized spacial score (nSPS) is 11.2. The number of halogens is 1. The molecule has 0 aromatic carbocycles. The van der Waals surface area contributed by atoms with Crippen molar-refractivity contribution in [2.45, 2.75) is 19.8 Å². The fraction of sp³-hybridized carbons (Fsp3) is 0.643. The molecular weight excluding hydrogens is 292 g/mol. The largest absolute Gasteiger partial charge is 0.383 e. The van der Waals surface area contributed by atoms with Gasteiger partial charge in [0.15, 0.2) is 0 Å². The van der Waals surface area contributed by atoms with Crippen molar-refractivity contribution in [3.05, 3.63) is 22.7 Å². The number of hydrogen-bond donors (Lipinski definition) is 1. The van der Waals surface area contributed by atoms with E-state index in [1.165, 1.54) is 6.20 Å². The highest BCUT2D eigenvalue weighted by Gasteiger charge is 2.15. The third-order valence-corrected chi connectivity index (χ3v) is 3.23. The number of amides is 1. The molecule has 118 valence electrons. The van der Waals surface area contributed by atoms with Crippen LogP contribution in [0.25, 0.3) is 0 Å². The first-order chi connectivity index (χ1) is 9.95. The lowest BCUT2D eigenvalue weighted by Crippen LogP contribution is -2.35. The van der Waals surface area contributed by atoms with Crippen molar-refractivity contribution in [3.63, 3.8) is 0 Å². The van der Waals surface area contributed by atoms with Crippen LogP contribution in [0.2, 0.25) is 5.02 Å². The molecule has 0 atom stereocenters. The van der Waals surface area contributed by atoms with Crippen molar-refractivity contribution in [1.29, 1.82) is 0 Å². The molecule has 0 aliphatic carbocycles. The molecular formula is C14H23ClN4O2. The highest BCUT2D eigenvalue weighted by molar-refractivity contribution is 6.33. The average Bonchev–Trinajstić information content (AvgIpc) is 2.45. The minimum absolute atomic E-state index is 0.147. The van der Waals surface area contributed by atoms with E-state index < -0.39 is 0 Å². The summed E-state index contributed by atoms with van der Waals surface area (Å²) < 4.78 is 5.00. The summed E-state index contributed by atoms with van der Waals surface area (Å²) in [6.07, 6.45) is 1.48. The Morgan fingerprint density at radius 2 is 2.19 bits per heavy atom. The van der Waals surface area contributed by atoms with Crippen molar-refractivity contribution in [3.8, 4) is 0 Å². The van der Waals surface area contributed by atoms with Gasteiger partial charge < -0.3 is 15.0 Å². The maximum Gasteiger partial charge on any atom is 0.271 e. The van der Waals surface area contributed by atoms with Crippen LogP contribution in [0.1, 0.15) is 36.1 Å². The van der Waals surface area contributed by atoms with Gasteiger partial charge in [0.2, 0.25) is 0 Å². The number of nitrogens with zero attached hydrogens (tertiary/aromatic N) is 3. The molecule has 0 unspecified atom stereocenters. The highest BCUT2D eigenvalue weighted by atomic mass is 35.5. The van der Waals surface area contributed by atoms with Crippen LogP contribution in [0, 0.1) is 0 Å². The average molecular weight is 315 g/mol. The third kappa shape index (κ3) is 5.95. The molecule has 1 aromatic rings. The second-order valence-electron chi connectivity index (χ2n) is 5.13. The van der Waals surface area contributed by atoms with Crippen LogP contribution < -0.4 is 5.32 Å². The first-order valence-corrected chi connectivity index (χ1v) is 7.31. The lowest BCUT2D eigenvalue weighted by atomic mass is 10.2. The lowest BCUT2D eigenvalue weighted by Gasteiger charge is -2.16. The molecule has 1 N–H and O–H groups in total. The van der Waals surface area contributed by atoms with E-state index in [9.17, 15) is 4.79 Å². The highest BCUT2D eigenvalue weighted by Crippen LogP contribution is 2.16. The third-order valence-electron chi connectivity index (χ3n) is 2.95. The Morgan fingerprint density at radius 1 is 1.48 bits per heavy atom. The minimum atomic E-state index is -0.274. The van der Waals surface area contributed by atoms with Gasteiger partial charge >= 0.3 is 0 Å². The topological polar surface area (TPSA) is 67.3 Å². The molecule has 0 radical (unpaired) electrons. The van der Waals surface area contributed by atoms with E-state index in [2.05, 4.69) is 20.2 Å². The summed E-state index contributed by atoms with van der Waals surface area (Å²) in [5.74, 6) is 0.486. The molecule has 0 aliphatic heterocycles. The van der Waals surface area contributed by atoms with Crippen molar-refractivity contribution < 1.29 is 9.53 Å². The van der Waals surface area contributed by atoms with Gasteiger partial charge in [-0.2, -0.15) is 0 Å². The van der Waals surface area contributed by atoms with Crippen LogP contribution in [0.15, 0.2) is 6.20 Å². The molecule has 1 aromatic heterocycles. The molecule has 1 rings (SSSR count). The van der Waals surface area contributed by atoms with Crippen LogP contribution in [0.3, 0.4) is 0 Å². The molecule has 0 spiro atoms. The van der Waals surface area contributed by atoms with E-state index >= 15 is 0 Å². The number of ether oxygens (including phenoxy) is 1. The van der Waals surface area contributed by atoms with Crippen molar-refractivity contribution in [2.75, 3.05) is 40.4 Å². The molecule has 6 nitrogen and oxygen atoms in total. The Balaban J connectivity index is 2.54. The van der Waals surface area contributed by atoms with E-state index in [4.69, 9.17) is 16.3 Å².